The molecule has 0 atom stereocenters. The zero-order valence-electron chi connectivity index (χ0n) is 17.6. The van der Waals surface area contributed by atoms with Gasteiger partial charge in [-0.2, -0.15) is 9.78 Å². The van der Waals surface area contributed by atoms with Gasteiger partial charge >= 0.3 is 0 Å². The van der Waals surface area contributed by atoms with Crippen molar-refractivity contribution in [1.82, 2.24) is 30.7 Å². The Kier molecular flexibility index (Phi) is 6.95. The van der Waals surface area contributed by atoms with Crippen LogP contribution in [0, 0.1) is 0 Å². The van der Waals surface area contributed by atoms with Crippen LogP contribution in [-0.2, 0) is 5.75 Å². The van der Waals surface area contributed by atoms with E-state index in [9.17, 15) is 4.79 Å². The average Bonchev–Trinajstić information content (AvgIpc) is 3.45. The maximum absolute atomic E-state index is 12.9. The lowest BCUT2D eigenvalue weighted by Crippen LogP contribution is -2.20. The molecule has 0 unspecified atom stereocenters. The lowest BCUT2D eigenvalue weighted by atomic mass is 10.2. The number of nitrogens with two attached hydrogens (primary N) is 1. The third-order valence-corrected chi connectivity index (χ3v) is 5.41. The molecule has 11 nitrogen and oxygen atoms in total. The minimum absolute atomic E-state index is 0.0309. The molecule has 3 N–H and O–H groups in total. The number of carbonyl (C=O) groups excluding carboxylic acids is 1. The molecule has 33 heavy (non-hydrogen) atoms. The summed E-state index contributed by atoms with van der Waals surface area (Å²) in [6.07, 6.45) is 1.51. The fourth-order valence-corrected chi connectivity index (χ4v) is 3.78. The molecule has 2 aromatic heterocycles. The molecular formula is C21H20N8O3S. The summed E-state index contributed by atoms with van der Waals surface area (Å²) in [6, 6.07) is 17.1. The van der Waals surface area contributed by atoms with E-state index >= 15 is 0 Å². The number of hydrogen-bond acceptors (Lipinski definition) is 10. The molecular weight excluding hydrogens is 444 g/mol. The molecule has 0 fully saturated rings. The number of hydrazone groups is 1. The van der Waals surface area contributed by atoms with E-state index in [0.29, 0.717) is 23.8 Å². The van der Waals surface area contributed by atoms with Gasteiger partial charge in [-0.15, -0.1) is 16.9 Å². The highest BCUT2D eigenvalue weighted by atomic mass is 32.2. The van der Waals surface area contributed by atoms with Gasteiger partial charge in [0.15, 0.2) is 5.69 Å². The third kappa shape index (κ3) is 5.18. The van der Waals surface area contributed by atoms with Crippen LogP contribution < -0.4 is 15.9 Å². The van der Waals surface area contributed by atoms with E-state index in [4.69, 9.17) is 10.5 Å². The number of thioether (sulfide) groups is 1. The number of amides is 1. The molecule has 0 aliphatic heterocycles. The van der Waals surface area contributed by atoms with Crippen LogP contribution in [0.1, 0.15) is 28.7 Å². The number of para-hydroxylation sites is 1. The molecule has 2 heterocycles. The molecule has 0 bridgehead atoms. The zero-order chi connectivity index (χ0) is 23.0. The molecule has 0 spiro atoms. The van der Waals surface area contributed by atoms with Crippen LogP contribution in [0.4, 0.5) is 5.82 Å². The number of nitrogens with zero attached hydrogens (tertiary/aromatic N) is 6. The number of carbonyl (C=O) groups is 1. The van der Waals surface area contributed by atoms with E-state index < -0.39 is 5.91 Å². The van der Waals surface area contributed by atoms with Crippen LogP contribution in [0.2, 0.25) is 0 Å². The maximum Gasteiger partial charge on any atom is 0.293 e. The lowest BCUT2D eigenvalue weighted by Gasteiger charge is -2.06. The largest absolute Gasteiger partial charge is 0.493 e. The standard InChI is InChI=1S/C21H20N8O3S/c1-2-31-17-11-7-6-8-14(17)12-23-25-21(30)18-16(13-33-15-9-4-3-5-10-15)29(28-24-18)20-19(22)26-32-27-20/h3-12H,2,13H2,1H3,(H2,22,26)(H,25,30)/b23-12-. The Bertz CT molecular complexity index is 1260. The Balaban J connectivity index is 1.57. The molecule has 1 amide bonds. The van der Waals surface area contributed by atoms with Crippen molar-refractivity contribution in [3.63, 3.8) is 0 Å². The van der Waals surface area contributed by atoms with Crippen molar-refractivity contribution in [3.8, 4) is 11.6 Å². The maximum atomic E-state index is 12.9. The van der Waals surface area contributed by atoms with Crippen molar-refractivity contribution in [1.29, 1.82) is 0 Å². The number of aromatic nitrogens is 5. The van der Waals surface area contributed by atoms with Gasteiger partial charge in [-0.1, -0.05) is 35.5 Å². The predicted molar refractivity (Wildman–Crippen MR) is 122 cm³/mol. The summed E-state index contributed by atoms with van der Waals surface area (Å²) in [4.78, 5) is 13.9. The van der Waals surface area contributed by atoms with Crippen molar-refractivity contribution in [2.75, 3.05) is 12.3 Å². The van der Waals surface area contributed by atoms with Crippen LogP contribution in [-0.4, -0.2) is 44.0 Å². The SMILES string of the molecule is CCOc1ccccc1/C=N\NC(=O)c1nnn(-c2nonc2N)c1CSc1ccccc1. The predicted octanol–water partition coefficient (Wildman–Crippen LogP) is 2.69. The van der Waals surface area contributed by atoms with E-state index in [-0.39, 0.29) is 17.3 Å². The molecule has 0 saturated heterocycles. The molecule has 4 rings (SSSR count). The highest BCUT2D eigenvalue weighted by molar-refractivity contribution is 7.98. The molecule has 168 valence electrons. The van der Waals surface area contributed by atoms with Gasteiger partial charge in [0.25, 0.3) is 5.91 Å². The van der Waals surface area contributed by atoms with Crippen molar-refractivity contribution in [2.24, 2.45) is 5.10 Å². The average molecular weight is 465 g/mol. The Labute approximate surface area is 193 Å². The molecule has 0 radical (unpaired) electrons. The fourth-order valence-electron chi connectivity index (χ4n) is 2.87. The Hall–Kier alpha value is -4.19. The van der Waals surface area contributed by atoms with Gasteiger partial charge in [-0.05, 0) is 41.5 Å². The molecule has 2 aromatic carbocycles. The molecule has 0 aliphatic carbocycles. The number of nitrogens with one attached hydrogen (secondary N) is 1. The second-order valence-electron chi connectivity index (χ2n) is 6.54. The minimum Gasteiger partial charge on any atom is -0.493 e. The van der Waals surface area contributed by atoms with E-state index in [0.717, 1.165) is 10.5 Å². The smallest absolute Gasteiger partial charge is 0.293 e. The zero-order valence-corrected chi connectivity index (χ0v) is 18.4. The topological polar surface area (TPSA) is 146 Å². The second-order valence-corrected chi connectivity index (χ2v) is 7.59. The molecule has 12 heteroatoms. The molecule has 4 aromatic rings. The minimum atomic E-state index is -0.537. The highest BCUT2D eigenvalue weighted by Crippen LogP contribution is 2.25. The number of hydrogen-bond donors (Lipinski definition) is 2. The van der Waals surface area contributed by atoms with Gasteiger partial charge in [-0.3, -0.25) is 4.79 Å². The van der Waals surface area contributed by atoms with Crippen LogP contribution in [0.25, 0.3) is 5.82 Å². The Morgan fingerprint density at radius 2 is 2.00 bits per heavy atom. The Morgan fingerprint density at radius 3 is 2.76 bits per heavy atom. The summed E-state index contributed by atoms with van der Waals surface area (Å²) in [5.74, 6) is 0.675. The molecule has 0 saturated carbocycles. The first-order chi connectivity index (χ1) is 16.2. The van der Waals surface area contributed by atoms with E-state index in [1.54, 1.807) is 0 Å². The lowest BCUT2D eigenvalue weighted by molar-refractivity contribution is 0.0949. The summed E-state index contributed by atoms with van der Waals surface area (Å²) < 4.78 is 11.6. The summed E-state index contributed by atoms with van der Waals surface area (Å²) in [6.45, 7) is 2.41. The van der Waals surface area contributed by atoms with E-state index in [1.165, 1.54) is 22.7 Å². The molecule has 0 aliphatic rings. The van der Waals surface area contributed by atoms with Gasteiger partial charge in [0.2, 0.25) is 11.6 Å². The summed E-state index contributed by atoms with van der Waals surface area (Å²) in [5.41, 5.74) is 9.58. The highest BCUT2D eigenvalue weighted by Gasteiger charge is 2.24. The van der Waals surface area contributed by atoms with Crippen LogP contribution in [0.15, 0.2) is 69.2 Å². The van der Waals surface area contributed by atoms with Gasteiger partial charge in [-0.25, -0.2) is 10.1 Å². The first kappa shape index (κ1) is 22.0. The van der Waals surface area contributed by atoms with Crippen LogP contribution in [0.5, 0.6) is 5.75 Å². The van der Waals surface area contributed by atoms with Crippen molar-refractivity contribution in [3.05, 3.63) is 71.5 Å². The van der Waals surface area contributed by atoms with E-state index in [2.05, 4.69) is 35.8 Å². The van der Waals surface area contributed by atoms with Gasteiger partial charge in [0, 0.05) is 16.2 Å². The van der Waals surface area contributed by atoms with Gasteiger partial charge < -0.3 is 10.5 Å². The fraction of sp³-hybridized carbons (Fsp3) is 0.143. The monoisotopic (exact) mass is 464 g/mol. The number of anilines is 1. The summed E-state index contributed by atoms with van der Waals surface area (Å²) in [7, 11) is 0. The van der Waals surface area contributed by atoms with Gasteiger partial charge in [0.1, 0.15) is 5.75 Å². The summed E-state index contributed by atoms with van der Waals surface area (Å²) in [5, 5.41) is 19.4. The van der Waals surface area contributed by atoms with Crippen molar-refractivity contribution >= 4 is 29.7 Å². The summed E-state index contributed by atoms with van der Waals surface area (Å²) >= 11 is 1.50. The second kappa shape index (κ2) is 10.4. The van der Waals surface area contributed by atoms with E-state index in [1.807, 2.05) is 61.5 Å². The number of rotatable bonds is 9. The number of nitrogen functional groups attached to an aromatic ring is 1. The normalized spacial score (nSPS) is 11.1. The van der Waals surface area contributed by atoms with Gasteiger partial charge in [0.05, 0.1) is 18.5 Å². The number of ether oxygens (including phenoxy) is 1. The van der Waals surface area contributed by atoms with Crippen LogP contribution >= 0.6 is 11.8 Å². The quantitative estimate of drug-likeness (QED) is 0.217. The number of benzene rings is 2. The van der Waals surface area contributed by atoms with Crippen molar-refractivity contribution in [2.45, 2.75) is 17.6 Å². The Morgan fingerprint density at radius 1 is 1.21 bits per heavy atom. The first-order valence-corrected chi connectivity index (χ1v) is 10.9. The van der Waals surface area contributed by atoms with Crippen molar-refractivity contribution < 1.29 is 14.2 Å². The van der Waals surface area contributed by atoms with Crippen LogP contribution in [0.3, 0.4) is 0 Å². The first-order valence-electron chi connectivity index (χ1n) is 9.93. The third-order valence-electron chi connectivity index (χ3n) is 4.38.